The van der Waals surface area contributed by atoms with Crippen LogP contribution in [0.5, 0.6) is 0 Å². The van der Waals surface area contributed by atoms with Crippen molar-refractivity contribution in [3.05, 3.63) is 29.6 Å². The molecule has 0 aromatic carbocycles. The molecule has 0 bridgehead atoms. The Labute approximate surface area is 125 Å². The first kappa shape index (κ1) is 16.9. The van der Waals surface area contributed by atoms with Crippen LogP contribution in [0.15, 0.2) is 23.5 Å². The summed E-state index contributed by atoms with van der Waals surface area (Å²) in [6.45, 7) is 9.24. The lowest BCUT2D eigenvalue weighted by Crippen LogP contribution is -2.34. The normalized spacial score (nSPS) is 12.2. The molecule has 6 heteroatoms. The molecule has 0 fully saturated rings. The molecule has 0 unspecified atom stereocenters. The van der Waals surface area contributed by atoms with Crippen molar-refractivity contribution >= 4 is 11.7 Å². The number of nitrogens with one attached hydrogen (secondary N) is 1. The maximum atomic E-state index is 12.1. The van der Waals surface area contributed by atoms with E-state index in [0.717, 1.165) is 0 Å². The molecule has 0 aliphatic heterocycles. The summed E-state index contributed by atoms with van der Waals surface area (Å²) in [7, 11) is 0. The van der Waals surface area contributed by atoms with E-state index in [1.165, 1.54) is 6.20 Å². The summed E-state index contributed by atoms with van der Waals surface area (Å²) in [5.74, 6) is 1.18. The largest absolute Gasteiger partial charge is 0.409 e. The minimum Gasteiger partial charge on any atom is -0.409 e. The van der Waals surface area contributed by atoms with Crippen LogP contribution in [0.25, 0.3) is 0 Å². The van der Waals surface area contributed by atoms with Gasteiger partial charge in [0, 0.05) is 18.3 Å². The van der Waals surface area contributed by atoms with Gasteiger partial charge in [0.25, 0.3) is 5.91 Å². The smallest absolute Gasteiger partial charge is 0.269 e. The van der Waals surface area contributed by atoms with Crippen molar-refractivity contribution < 1.29 is 10.0 Å². The van der Waals surface area contributed by atoms with E-state index in [9.17, 15) is 4.79 Å². The van der Waals surface area contributed by atoms with Gasteiger partial charge >= 0.3 is 0 Å². The minimum absolute atomic E-state index is 0.0332. The fourth-order valence-electron chi connectivity index (χ4n) is 2.28. The molecule has 0 saturated carbocycles. The van der Waals surface area contributed by atoms with Gasteiger partial charge in [-0.25, -0.2) is 0 Å². The van der Waals surface area contributed by atoms with E-state index in [-0.39, 0.29) is 11.7 Å². The van der Waals surface area contributed by atoms with Crippen LogP contribution in [-0.4, -0.2) is 28.5 Å². The van der Waals surface area contributed by atoms with Crippen LogP contribution in [-0.2, 0) is 0 Å². The molecule has 116 valence electrons. The molecule has 0 spiro atoms. The molecule has 21 heavy (non-hydrogen) atoms. The summed E-state index contributed by atoms with van der Waals surface area (Å²) < 4.78 is 0. The quantitative estimate of drug-likeness (QED) is 0.322. The summed E-state index contributed by atoms with van der Waals surface area (Å²) in [5.41, 5.74) is 6.23. The molecular weight excluding hydrogens is 268 g/mol. The van der Waals surface area contributed by atoms with Gasteiger partial charge in [0.1, 0.15) is 5.69 Å². The van der Waals surface area contributed by atoms with Crippen molar-refractivity contribution in [2.75, 3.05) is 6.54 Å². The van der Waals surface area contributed by atoms with E-state index in [1.807, 2.05) is 0 Å². The second kappa shape index (κ2) is 7.61. The van der Waals surface area contributed by atoms with Crippen molar-refractivity contribution in [3.8, 4) is 0 Å². The molecule has 4 N–H and O–H groups in total. The second-order valence-electron chi connectivity index (χ2n) is 5.78. The van der Waals surface area contributed by atoms with Crippen molar-refractivity contribution in [2.24, 2.45) is 28.6 Å². The van der Waals surface area contributed by atoms with Gasteiger partial charge in [0.05, 0.1) is 0 Å². The van der Waals surface area contributed by atoms with E-state index in [0.29, 0.717) is 35.6 Å². The van der Waals surface area contributed by atoms with E-state index < -0.39 is 0 Å². The molecule has 0 aliphatic rings. The first-order chi connectivity index (χ1) is 9.86. The summed E-state index contributed by atoms with van der Waals surface area (Å²) in [5, 5.41) is 14.4. The Hall–Kier alpha value is -2.11. The Morgan fingerprint density at radius 2 is 1.95 bits per heavy atom. The number of hydrogen-bond donors (Lipinski definition) is 3. The molecule has 0 radical (unpaired) electrons. The standard InChI is InChI=1S/C15H24N4O2/c1-9(2)12(10(3)4)8-18-15(20)13-6-5-11(7-17-13)14(16)19-21/h5-7,9-10,12,21H,8H2,1-4H3,(H2,16,19)(H,18,20). The van der Waals surface area contributed by atoms with Crippen LogP contribution in [0.4, 0.5) is 0 Å². The molecule has 1 aromatic rings. The van der Waals surface area contributed by atoms with Gasteiger partial charge in [-0.3, -0.25) is 9.78 Å². The van der Waals surface area contributed by atoms with Gasteiger partial charge in [0.2, 0.25) is 0 Å². The first-order valence-electron chi connectivity index (χ1n) is 7.09. The average Bonchev–Trinajstić information content (AvgIpc) is 2.45. The maximum absolute atomic E-state index is 12.1. The van der Waals surface area contributed by atoms with Crippen LogP contribution in [0, 0.1) is 17.8 Å². The number of amides is 1. The first-order valence-corrected chi connectivity index (χ1v) is 7.09. The van der Waals surface area contributed by atoms with Crippen LogP contribution < -0.4 is 11.1 Å². The van der Waals surface area contributed by atoms with Crippen molar-refractivity contribution in [1.29, 1.82) is 0 Å². The second-order valence-corrected chi connectivity index (χ2v) is 5.78. The maximum Gasteiger partial charge on any atom is 0.269 e. The summed E-state index contributed by atoms with van der Waals surface area (Å²) in [6, 6.07) is 3.15. The third-order valence-electron chi connectivity index (χ3n) is 3.61. The summed E-state index contributed by atoms with van der Waals surface area (Å²) >= 11 is 0. The molecule has 1 amide bonds. The lowest BCUT2D eigenvalue weighted by Gasteiger charge is -2.24. The number of carbonyl (C=O) groups is 1. The molecule has 6 nitrogen and oxygen atoms in total. The van der Waals surface area contributed by atoms with Gasteiger partial charge in [-0.15, -0.1) is 0 Å². The van der Waals surface area contributed by atoms with Crippen LogP contribution in [0.2, 0.25) is 0 Å². The summed E-state index contributed by atoms with van der Waals surface area (Å²) in [6.07, 6.45) is 1.41. The highest BCUT2D eigenvalue weighted by Crippen LogP contribution is 2.19. The van der Waals surface area contributed by atoms with Gasteiger partial charge in [0.15, 0.2) is 5.84 Å². The van der Waals surface area contributed by atoms with E-state index >= 15 is 0 Å². The SMILES string of the molecule is CC(C)C(CNC(=O)c1ccc(/C(N)=N/O)cn1)C(C)C. The third kappa shape index (κ3) is 4.73. The number of hydrogen-bond acceptors (Lipinski definition) is 4. The molecule has 1 rings (SSSR count). The predicted molar refractivity (Wildman–Crippen MR) is 82.2 cm³/mol. The van der Waals surface area contributed by atoms with E-state index in [4.69, 9.17) is 10.9 Å². The summed E-state index contributed by atoms with van der Waals surface area (Å²) in [4.78, 5) is 16.1. The number of pyridine rings is 1. The molecule has 0 saturated heterocycles. The minimum atomic E-state index is -0.215. The van der Waals surface area contributed by atoms with Crippen LogP contribution >= 0.6 is 0 Å². The fraction of sp³-hybridized carbons (Fsp3) is 0.533. The Kier molecular flexibility index (Phi) is 6.14. The van der Waals surface area contributed by atoms with Crippen LogP contribution in [0.3, 0.4) is 0 Å². The Balaban J connectivity index is 2.68. The Morgan fingerprint density at radius 1 is 1.33 bits per heavy atom. The van der Waals surface area contributed by atoms with Gasteiger partial charge < -0.3 is 16.3 Å². The monoisotopic (exact) mass is 292 g/mol. The van der Waals surface area contributed by atoms with Gasteiger partial charge in [-0.2, -0.15) is 0 Å². The lowest BCUT2D eigenvalue weighted by atomic mass is 9.85. The fourth-order valence-corrected chi connectivity index (χ4v) is 2.28. The highest BCUT2D eigenvalue weighted by molar-refractivity contribution is 5.98. The average molecular weight is 292 g/mol. The van der Waals surface area contributed by atoms with Crippen molar-refractivity contribution in [1.82, 2.24) is 10.3 Å². The number of aromatic nitrogens is 1. The Bertz CT molecular complexity index is 487. The lowest BCUT2D eigenvalue weighted by molar-refractivity contribution is 0.0932. The third-order valence-corrected chi connectivity index (χ3v) is 3.61. The van der Waals surface area contributed by atoms with Crippen molar-refractivity contribution in [2.45, 2.75) is 27.7 Å². The predicted octanol–water partition coefficient (Wildman–Crippen LogP) is 1.83. The number of rotatable bonds is 6. The van der Waals surface area contributed by atoms with Crippen molar-refractivity contribution in [3.63, 3.8) is 0 Å². The van der Waals surface area contributed by atoms with Gasteiger partial charge in [-0.1, -0.05) is 32.9 Å². The molecule has 0 aliphatic carbocycles. The molecule has 1 heterocycles. The zero-order chi connectivity index (χ0) is 16.0. The van der Waals surface area contributed by atoms with Crippen LogP contribution in [0.1, 0.15) is 43.7 Å². The van der Waals surface area contributed by atoms with E-state index in [1.54, 1.807) is 12.1 Å². The number of nitrogens with two attached hydrogens (primary N) is 1. The molecule has 1 aromatic heterocycles. The number of amidine groups is 1. The zero-order valence-electron chi connectivity index (χ0n) is 13.0. The topological polar surface area (TPSA) is 101 Å². The number of oxime groups is 1. The number of nitrogens with zero attached hydrogens (tertiary/aromatic N) is 2. The highest BCUT2D eigenvalue weighted by Gasteiger charge is 2.19. The molecule has 0 atom stereocenters. The van der Waals surface area contributed by atoms with Gasteiger partial charge in [-0.05, 0) is 29.9 Å². The zero-order valence-corrected chi connectivity index (χ0v) is 13.0. The van der Waals surface area contributed by atoms with E-state index in [2.05, 4.69) is 43.2 Å². The number of carbonyl (C=O) groups excluding carboxylic acids is 1. The Morgan fingerprint density at radius 3 is 2.38 bits per heavy atom. The highest BCUT2D eigenvalue weighted by atomic mass is 16.4. The molecular formula is C15H24N4O2.